The minimum absolute atomic E-state index is 0.198. The van der Waals surface area contributed by atoms with Crippen LogP contribution in [0.15, 0.2) is 60.7 Å². The molecule has 0 bridgehead atoms. The van der Waals surface area contributed by atoms with E-state index in [0.717, 1.165) is 11.1 Å². The first-order valence-corrected chi connectivity index (χ1v) is 10.1. The molecule has 4 nitrogen and oxygen atoms in total. The predicted molar refractivity (Wildman–Crippen MR) is 122 cm³/mol. The lowest BCUT2D eigenvalue weighted by molar-refractivity contribution is -0.117. The van der Waals surface area contributed by atoms with Crippen molar-refractivity contribution >= 4 is 75.7 Å². The number of amides is 1. The maximum Gasteiger partial charge on any atom is 0.245 e. The molecular weight excluding hydrogens is 460 g/mol. The van der Waals surface area contributed by atoms with Crippen molar-refractivity contribution in [3.8, 4) is 0 Å². The molecule has 0 spiro atoms. The van der Waals surface area contributed by atoms with Gasteiger partial charge in [0.2, 0.25) is 9.70 Å². The molecule has 1 unspecified atom stereocenters. The van der Waals surface area contributed by atoms with Gasteiger partial charge < -0.3 is 16.0 Å². The van der Waals surface area contributed by atoms with Crippen LogP contribution < -0.4 is 16.0 Å². The third-order valence-electron chi connectivity index (χ3n) is 3.51. The molecule has 28 heavy (non-hydrogen) atoms. The molecule has 0 radical (unpaired) electrons. The van der Waals surface area contributed by atoms with Crippen LogP contribution in [0.25, 0.3) is 6.08 Å². The first kappa shape index (κ1) is 22.8. The van der Waals surface area contributed by atoms with Crippen LogP contribution in [-0.4, -0.2) is 21.0 Å². The Labute approximate surface area is 189 Å². The summed E-state index contributed by atoms with van der Waals surface area (Å²) in [6, 6.07) is 16.7. The van der Waals surface area contributed by atoms with E-state index in [0.29, 0.717) is 11.6 Å². The van der Waals surface area contributed by atoms with Gasteiger partial charge in [-0.15, -0.1) is 0 Å². The predicted octanol–water partition coefficient (Wildman–Crippen LogP) is 4.83. The van der Waals surface area contributed by atoms with Crippen molar-refractivity contribution in [2.75, 3.05) is 0 Å². The van der Waals surface area contributed by atoms with Crippen LogP contribution in [0.5, 0.6) is 0 Å². The van der Waals surface area contributed by atoms with Gasteiger partial charge >= 0.3 is 0 Å². The van der Waals surface area contributed by atoms with Gasteiger partial charge in [-0.2, -0.15) is 0 Å². The minimum Gasteiger partial charge on any atom is -0.359 e. The van der Waals surface area contributed by atoms with Crippen molar-refractivity contribution in [2.45, 2.75) is 16.5 Å². The molecule has 3 N–H and O–H groups in total. The Bertz CT molecular complexity index is 841. The molecule has 0 heterocycles. The van der Waals surface area contributed by atoms with Crippen molar-refractivity contribution in [1.29, 1.82) is 0 Å². The number of carbonyl (C=O) groups is 1. The number of hydrogen-bond donors (Lipinski definition) is 3. The second-order valence-electron chi connectivity index (χ2n) is 5.65. The van der Waals surface area contributed by atoms with E-state index < -0.39 is 15.9 Å². The first-order chi connectivity index (χ1) is 13.3. The third kappa shape index (κ3) is 7.86. The average molecular weight is 477 g/mol. The summed E-state index contributed by atoms with van der Waals surface area (Å²) in [7, 11) is 0. The zero-order chi connectivity index (χ0) is 20.6. The van der Waals surface area contributed by atoms with E-state index in [1.807, 2.05) is 48.5 Å². The molecule has 0 aliphatic heterocycles. The van der Waals surface area contributed by atoms with E-state index in [2.05, 4.69) is 16.0 Å². The normalized spacial score (nSPS) is 12.4. The summed E-state index contributed by atoms with van der Waals surface area (Å²) in [6.45, 7) is 0.375. The minimum atomic E-state index is -1.83. The maximum atomic E-state index is 12.2. The molecule has 1 amide bonds. The molecule has 2 aromatic rings. The van der Waals surface area contributed by atoms with E-state index in [4.69, 9.17) is 58.6 Å². The number of hydrogen-bond acceptors (Lipinski definition) is 2. The average Bonchev–Trinajstić information content (AvgIpc) is 2.65. The molecule has 0 saturated carbocycles. The maximum absolute atomic E-state index is 12.2. The highest BCUT2D eigenvalue weighted by Crippen LogP contribution is 2.29. The Morgan fingerprint density at radius 1 is 1.04 bits per heavy atom. The lowest BCUT2D eigenvalue weighted by atomic mass is 10.2. The van der Waals surface area contributed by atoms with Gasteiger partial charge in [0.05, 0.1) is 0 Å². The smallest absolute Gasteiger partial charge is 0.245 e. The fourth-order valence-electron chi connectivity index (χ4n) is 2.13. The fraction of sp³-hybridized carbons (Fsp3) is 0.158. The number of alkyl halides is 3. The van der Waals surface area contributed by atoms with Crippen molar-refractivity contribution in [2.24, 2.45) is 0 Å². The summed E-state index contributed by atoms with van der Waals surface area (Å²) < 4.78 is -1.83. The Morgan fingerprint density at radius 2 is 1.68 bits per heavy atom. The lowest BCUT2D eigenvalue weighted by Crippen LogP contribution is -2.57. The van der Waals surface area contributed by atoms with Gasteiger partial charge in [0.1, 0.15) is 6.17 Å². The van der Waals surface area contributed by atoms with E-state index in [9.17, 15) is 4.79 Å². The summed E-state index contributed by atoms with van der Waals surface area (Å²) >= 11 is 29.2. The molecule has 0 fully saturated rings. The number of carbonyl (C=O) groups excluding carboxylic acids is 1. The van der Waals surface area contributed by atoms with Crippen molar-refractivity contribution < 1.29 is 4.79 Å². The second-order valence-corrected chi connectivity index (χ2v) is 8.83. The van der Waals surface area contributed by atoms with E-state index in [-0.39, 0.29) is 5.11 Å². The topological polar surface area (TPSA) is 53.2 Å². The van der Waals surface area contributed by atoms with Gasteiger partial charge in [0, 0.05) is 17.6 Å². The Kier molecular flexibility index (Phi) is 8.86. The van der Waals surface area contributed by atoms with Crippen LogP contribution in [0, 0.1) is 0 Å². The van der Waals surface area contributed by atoms with Gasteiger partial charge in [-0.3, -0.25) is 4.79 Å². The summed E-state index contributed by atoms with van der Waals surface area (Å²) in [5.74, 6) is -0.443. The van der Waals surface area contributed by atoms with E-state index >= 15 is 0 Å². The number of rotatable bonds is 6. The molecule has 0 aliphatic rings. The number of benzene rings is 2. The van der Waals surface area contributed by atoms with Gasteiger partial charge in [-0.05, 0) is 35.5 Å². The number of nitrogens with one attached hydrogen (secondary N) is 3. The van der Waals surface area contributed by atoms with Crippen molar-refractivity contribution in [1.82, 2.24) is 16.0 Å². The van der Waals surface area contributed by atoms with E-state index in [1.54, 1.807) is 12.1 Å². The third-order valence-corrected chi connectivity index (χ3v) is 4.80. The Balaban J connectivity index is 1.93. The van der Waals surface area contributed by atoms with Crippen LogP contribution in [-0.2, 0) is 11.3 Å². The summed E-state index contributed by atoms with van der Waals surface area (Å²) in [5, 5.41) is 9.14. The highest BCUT2D eigenvalue weighted by Gasteiger charge is 2.34. The molecule has 2 aromatic carbocycles. The summed E-state index contributed by atoms with van der Waals surface area (Å²) in [4.78, 5) is 12.2. The molecular formula is C19H17Cl4N3OS. The second kappa shape index (κ2) is 10.9. The van der Waals surface area contributed by atoms with Crippen LogP contribution >= 0.6 is 58.6 Å². The van der Waals surface area contributed by atoms with Gasteiger partial charge in [0.15, 0.2) is 5.11 Å². The Morgan fingerprint density at radius 3 is 2.32 bits per heavy atom. The van der Waals surface area contributed by atoms with Crippen molar-refractivity contribution in [3.63, 3.8) is 0 Å². The van der Waals surface area contributed by atoms with Crippen LogP contribution in [0.2, 0.25) is 5.02 Å². The SMILES string of the molecule is O=C(/C=C/c1ccccc1)NC(NC(=S)NCc1ccccc1Cl)C(Cl)(Cl)Cl. The zero-order valence-corrected chi connectivity index (χ0v) is 18.3. The molecule has 9 heteroatoms. The first-order valence-electron chi connectivity index (χ1n) is 8.14. The molecule has 2 rings (SSSR count). The molecule has 0 aliphatic carbocycles. The largest absolute Gasteiger partial charge is 0.359 e. The quantitative estimate of drug-likeness (QED) is 0.242. The van der Waals surface area contributed by atoms with Crippen LogP contribution in [0.4, 0.5) is 0 Å². The molecule has 0 saturated heterocycles. The number of halogens is 4. The summed E-state index contributed by atoms with van der Waals surface area (Å²) in [6.07, 6.45) is 1.95. The molecule has 0 aromatic heterocycles. The molecule has 1 atom stereocenters. The summed E-state index contributed by atoms with van der Waals surface area (Å²) in [5.41, 5.74) is 1.72. The monoisotopic (exact) mass is 475 g/mol. The zero-order valence-electron chi connectivity index (χ0n) is 14.5. The van der Waals surface area contributed by atoms with E-state index in [1.165, 1.54) is 6.08 Å². The van der Waals surface area contributed by atoms with Gasteiger partial charge in [-0.25, -0.2) is 0 Å². The van der Waals surface area contributed by atoms with Gasteiger partial charge in [0.25, 0.3) is 0 Å². The fourth-order valence-corrected chi connectivity index (χ4v) is 2.85. The standard InChI is InChI=1S/C19H17Cl4N3OS/c20-15-9-5-4-8-14(15)12-24-18(28)26-17(19(21,22)23)25-16(27)11-10-13-6-2-1-3-7-13/h1-11,17H,12H2,(H,25,27)(H2,24,26,28)/b11-10+. The number of thiocarbonyl (C=S) groups is 1. The highest BCUT2D eigenvalue weighted by atomic mass is 35.6. The van der Waals surface area contributed by atoms with Crippen LogP contribution in [0.1, 0.15) is 11.1 Å². The van der Waals surface area contributed by atoms with Gasteiger partial charge in [-0.1, -0.05) is 94.9 Å². The lowest BCUT2D eigenvalue weighted by Gasteiger charge is -2.27. The Hall–Kier alpha value is -1.50. The molecule has 148 valence electrons. The van der Waals surface area contributed by atoms with Crippen molar-refractivity contribution in [3.05, 3.63) is 76.8 Å². The highest BCUT2D eigenvalue weighted by molar-refractivity contribution is 7.80. The van der Waals surface area contributed by atoms with Crippen LogP contribution in [0.3, 0.4) is 0 Å².